The maximum Gasteiger partial charge on any atom is 0.262 e. The van der Waals surface area contributed by atoms with Crippen LogP contribution in [0.5, 0.6) is 5.75 Å². The number of aromatic nitrogens is 2. The molecule has 1 N–H and O–H groups in total. The molecule has 0 radical (unpaired) electrons. The van der Waals surface area contributed by atoms with Crippen molar-refractivity contribution in [2.24, 2.45) is 0 Å². The van der Waals surface area contributed by atoms with Gasteiger partial charge in [0.1, 0.15) is 23.3 Å². The van der Waals surface area contributed by atoms with Gasteiger partial charge < -0.3 is 9.84 Å². The van der Waals surface area contributed by atoms with Crippen molar-refractivity contribution < 1.29 is 14.6 Å². The normalized spacial score (nSPS) is 12.1. The Balaban J connectivity index is 1.53. The van der Waals surface area contributed by atoms with Crippen LogP contribution >= 0.6 is 11.3 Å². The van der Waals surface area contributed by atoms with Gasteiger partial charge >= 0.3 is 0 Å². The zero-order valence-electron chi connectivity index (χ0n) is 17.2. The smallest absolute Gasteiger partial charge is 0.262 e. The molecule has 2 aromatic carbocycles. The Kier molecular flexibility index (Phi) is 5.97. The highest BCUT2D eigenvalue weighted by molar-refractivity contribution is 7.17. The number of carbonyl (C=O) groups excluding carboxylic acids is 1. The first kappa shape index (κ1) is 21.0. The SMILES string of the molecule is CC(=O)c1cccc(OC[C@H](O)Cn2cnc3scc(-c4ccc(C)cc4)c3c2=O)c1. The Morgan fingerprint density at radius 2 is 2.00 bits per heavy atom. The molecule has 7 heteroatoms. The van der Waals surface area contributed by atoms with Crippen LogP contribution in [0.2, 0.25) is 0 Å². The van der Waals surface area contributed by atoms with E-state index in [1.807, 2.05) is 36.6 Å². The summed E-state index contributed by atoms with van der Waals surface area (Å²) in [6, 6.07) is 14.8. The first-order valence-corrected chi connectivity index (χ1v) is 10.8. The van der Waals surface area contributed by atoms with E-state index >= 15 is 0 Å². The fourth-order valence-electron chi connectivity index (χ4n) is 3.32. The minimum absolute atomic E-state index is 0.0136. The fraction of sp³-hybridized carbons (Fsp3) is 0.208. The molecule has 0 amide bonds. The van der Waals surface area contributed by atoms with Gasteiger partial charge in [-0.25, -0.2) is 4.98 Å². The number of carbonyl (C=O) groups is 1. The molecular weight excluding hydrogens is 412 g/mol. The lowest BCUT2D eigenvalue weighted by Gasteiger charge is -2.14. The van der Waals surface area contributed by atoms with E-state index < -0.39 is 6.10 Å². The average molecular weight is 435 g/mol. The number of ether oxygens (including phenoxy) is 1. The molecule has 4 rings (SSSR count). The van der Waals surface area contributed by atoms with Crippen LogP contribution in [0.1, 0.15) is 22.8 Å². The second-order valence-corrected chi connectivity index (χ2v) is 8.30. The number of aryl methyl sites for hydroxylation is 1. The summed E-state index contributed by atoms with van der Waals surface area (Å²) in [5.74, 6) is 0.434. The molecule has 0 unspecified atom stereocenters. The Morgan fingerprint density at radius 3 is 2.74 bits per heavy atom. The van der Waals surface area contributed by atoms with Gasteiger partial charge in [0.15, 0.2) is 5.78 Å². The number of thiophene rings is 1. The summed E-state index contributed by atoms with van der Waals surface area (Å²) in [5.41, 5.74) is 3.30. The van der Waals surface area contributed by atoms with Crippen molar-refractivity contribution in [3.05, 3.63) is 81.7 Å². The standard InChI is InChI=1S/C24H22N2O4S/c1-15-6-8-17(9-7-15)21-13-31-23-22(21)24(29)26(14-25-23)11-19(28)12-30-20-5-3-4-18(10-20)16(2)27/h3-10,13-14,19,28H,11-12H2,1-2H3/t19-/m1/s1. The molecule has 1 atom stereocenters. The van der Waals surface area contributed by atoms with Crippen LogP contribution in [-0.4, -0.2) is 33.2 Å². The lowest BCUT2D eigenvalue weighted by atomic mass is 10.1. The topological polar surface area (TPSA) is 81.4 Å². The second kappa shape index (κ2) is 8.83. The number of hydrogen-bond acceptors (Lipinski definition) is 6. The lowest BCUT2D eigenvalue weighted by Crippen LogP contribution is -2.30. The summed E-state index contributed by atoms with van der Waals surface area (Å²) in [7, 11) is 0. The third kappa shape index (κ3) is 4.57. The maximum atomic E-state index is 13.1. The highest BCUT2D eigenvalue weighted by atomic mass is 32.1. The van der Waals surface area contributed by atoms with Crippen molar-refractivity contribution in [1.82, 2.24) is 9.55 Å². The fourth-order valence-corrected chi connectivity index (χ4v) is 4.23. The number of nitrogens with zero attached hydrogens (tertiary/aromatic N) is 2. The van der Waals surface area contributed by atoms with Crippen molar-refractivity contribution in [3.8, 4) is 16.9 Å². The number of hydrogen-bond donors (Lipinski definition) is 1. The molecule has 0 bridgehead atoms. The first-order chi connectivity index (χ1) is 14.9. The van der Waals surface area contributed by atoms with Gasteiger partial charge in [-0.1, -0.05) is 42.0 Å². The minimum Gasteiger partial charge on any atom is -0.491 e. The molecule has 31 heavy (non-hydrogen) atoms. The molecule has 0 spiro atoms. The molecule has 0 fully saturated rings. The van der Waals surface area contributed by atoms with E-state index in [0.717, 1.165) is 16.7 Å². The summed E-state index contributed by atoms with van der Waals surface area (Å²) >= 11 is 1.43. The summed E-state index contributed by atoms with van der Waals surface area (Å²) in [4.78, 5) is 29.7. The molecule has 158 valence electrons. The van der Waals surface area contributed by atoms with E-state index in [2.05, 4.69) is 4.98 Å². The van der Waals surface area contributed by atoms with Crippen LogP contribution < -0.4 is 10.3 Å². The largest absolute Gasteiger partial charge is 0.491 e. The molecule has 0 saturated carbocycles. The number of benzene rings is 2. The predicted molar refractivity (Wildman–Crippen MR) is 122 cm³/mol. The van der Waals surface area contributed by atoms with E-state index in [0.29, 0.717) is 21.5 Å². The van der Waals surface area contributed by atoms with Crippen molar-refractivity contribution in [3.63, 3.8) is 0 Å². The van der Waals surface area contributed by atoms with E-state index in [-0.39, 0.29) is 24.5 Å². The Hall–Kier alpha value is -3.29. The predicted octanol–water partition coefficient (Wildman–Crippen LogP) is 4.08. The van der Waals surface area contributed by atoms with Gasteiger partial charge in [-0.2, -0.15) is 0 Å². The molecule has 2 aromatic heterocycles. The number of aliphatic hydroxyl groups is 1. The third-order valence-electron chi connectivity index (χ3n) is 5.01. The zero-order valence-corrected chi connectivity index (χ0v) is 18.1. The molecular formula is C24H22N2O4S. The Labute approximate surface area is 183 Å². The molecule has 4 aromatic rings. The van der Waals surface area contributed by atoms with E-state index in [9.17, 15) is 14.7 Å². The lowest BCUT2D eigenvalue weighted by molar-refractivity contribution is 0.0913. The van der Waals surface area contributed by atoms with Gasteiger partial charge in [-0.3, -0.25) is 14.2 Å². The van der Waals surface area contributed by atoms with E-state index in [1.54, 1.807) is 24.3 Å². The quantitative estimate of drug-likeness (QED) is 0.444. The minimum atomic E-state index is -0.917. The summed E-state index contributed by atoms with van der Waals surface area (Å²) in [6.45, 7) is 3.54. The van der Waals surface area contributed by atoms with Crippen molar-refractivity contribution >= 4 is 27.3 Å². The second-order valence-electron chi connectivity index (χ2n) is 7.45. The van der Waals surface area contributed by atoms with Crippen LogP contribution in [0.3, 0.4) is 0 Å². The first-order valence-electron chi connectivity index (χ1n) is 9.88. The summed E-state index contributed by atoms with van der Waals surface area (Å²) < 4.78 is 7.02. The molecule has 0 saturated heterocycles. The van der Waals surface area contributed by atoms with Gasteiger partial charge in [-0.05, 0) is 31.5 Å². The van der Waals surface area contributed by atoms with E-state index in [4.69, 9.17) is 4.74 Å². The molecule has 0 aliphatic rings. The van der Waals surface area contributed by atoms with Gasteiger partial charge in [0.05, 0.1) is 18.3 Å². The summed E-state index contributed by atoms with van der Waals surface area (Å²) in [6.07, 6.45) is 0.541. The van der Waals surface area contributed by atoms with E-state index in [1.165, 1.54) is 29.2 Å². The highest BCUT2D eigenvalue weighted by Gasteiger charge is 2.15. The molecule has 6 nitrogen and oxygen atoms in total. The average Bonchev–Trinajstić information content (AvgIpc) is 3.20. The van der Waals surface area contributed by atoms with Crippen LogP contribution in [0, 0.1) is 6.92 Å². The van der Waals surface area contributed by atoms with Crippen LogP contribution in [-0.2, 0) is 6.54 Å². The van der Waals surface area contributed by atoms with Crippen LogP contribution in [0.15, 0.2) is 65.0 Å². The van der Waals surface area contributed by atoms with Gasteiger partial charge in [0, 0.05) is 16.5 Å². The van der Waals surface area contributed by atoms with Crippen molar-refractivity contribution in [2.75, 3.05) is 6.61 Å². The monoisotopic (exact) mass is 434 g/mol. The van der Waals surface area contributed by atoms with Crippen LogP contribution in [0.25, 0.3) is 21.3 Å². The number of ketones is 1. The number of aliphatic hydroxyl groups excluding tert-OH is 1. The zero-order chi connectivity index (χ0) is 22.0. The van der Waals surface area contributed by atoms with Crippen molar-refractivity contribution in [2.45, 2.75) is 26.5 Å². The Bertz CT molecular complexity index is 1290. The maximum absolute atomic E-state index is 13.1. The number of fused-ring (bicyclic) bond motifs is 1. The molecule has 2 heterocycles. The van der Waals surface area contributed by atoms with Gasteiger partial charge in [-0.15, -0.1) is 11.3 Å². The van der Waals surface area contributed by atoms with Gasteiger partial charge in [0.25, 0.3) is 5.56 Å². The highest BCUT2D eigenvalue weighted by Crippen LogP contribution is 2.30. The molecule has 0 aliphatic carbocycles. The number of rotatable bonds is 7. The summed E-state index contributed by atoms with van der Waals surface area (Å²) in [5, 5.41) is 12.9. The van der Waals surface area contributed by atoms with Crippen molar-refractivity contribution in [1.29, 1.82) is 0 Å². The van der Waals surface area contributed by atoms with Gasteiger partial charge in [0.2, 0.25) is 0 Å². The van der Waals surface area contributed by atoms with Crippen LogP contribution in [0.4, 0.5) is 0 Å². The molecule has 0 aliphatic heterocycles. The Morgan fingerprint density at radius 1 is 1.23 bits per heavy atom. The number of Topliss-reactive ketones (excluding diaryl/α,β-unsaturated/α-hetero) is 1. The third-order valence-corrected chi connectivity index (χ3v) is 5.90.